The van der Waals surface area contributed by atoms with Crippen molar-refractivity contribution in [1.82, 2.24) is 15.0 Å². The van der Waals surface area contributed by atoms with Crippen molar-refractivity contribution < 1.29 is 4.92 Å². The maximum absolute atomic E-state index is 11.6. The van der Waals surface area contributed by atoms with E-state index in [1.807, 2.05) is 32.0 Å². The van der Waals surface area contributed by atoms with E-state index < -0.39 is 4.92 Å². The minimum absolute atomic E-state index is 0.0975. The molecule has 1 aromatic carbocycles. The van der Waals surface area contributed by atoms with Crippen LogP contribution >= 0.6 is 0 Å². The van der Waals surface area contributed by atoms with Gasteiger partial charge >= 0.3 is 5.69 Å². The first-order valence-electron chi connectivity index (χ1n) is 7.55. The molecule has 126 valence electrons. The molecule has 25 heavy (non-hydrogen) atoms. The first kappa shape index (κ1) is 16.3. The Morgan fingerprint density at radius 3 is 2.48 bits per heavy atom. The Labute approximate surface area is 144 Å². The van der Waals surface area contributed by atoms with Crippen LogP contribution in [-0.4, -0.2) is 19.9 Å². The number of aryl methyl sites for hydroxylation is 2. The van der Waals surface area contributed by atoms with Crippen LogP contribution in [0.1, 0.15) is 11.1 Å². The van der Waals surface area contributed by atoms with Gasteiger partial charge in [-0.1, -0.05) is 17.7 Å². The summed E-state index contributed by atoms with van der Waals surface area (Å²) < 4.78 is 0. The second-order valence-corrected chi connectivity index (χ2v) is 5.49. The summed E-state index contributed by atoms with van der Waals surface area (Å²) in [7, 11) is 0. The van der Waals surface area contributed by atoms with Crippen LogP contribution in [0.4, 0.5) is 28.7 Å². The van der Waals surface area contributed by atoms with E-state index in [0.717, 1.165) is 16.8 Å². The van der Waals surface area contributed by atoms with Gasteiger partial charge in [0.2, 0.25) is 11.6 Å². The Hall–Kier alpha value is -3.55. The fourth-order valence-electron chi connectivity index (χ4n) is 2.39. The molecule has 0 spiro atoms. The van der Waals surface area contributed by atoms with Gasteiger partial charge in [-0.25, -0.2) is 9.97 Å². The lowest BCUT2D eigenvalue weighted by molar-refractivity contribution is -0.383. The van der Waals surface area contributed by atoms with Gasteiger partial charge in [0.05, 0.1) is 16.8 Å². The quantitative estimate of drug-likeness (QED) is 0.538. The highest BCUT2D eigenvalue weighted by Gasteiger charge is 2.23. The highest BCUT2D eigenvalue weighted by molar-refractivity contribution is 5.77. The average molecular weight is 336 g/mol. The molecule has 0 saturated heterocycles. The summed E-state index contributed by atoms with van der Waals surface area (Å²) in [5, 5.41) is 17.5. The molecule has 0 unspecified atom stereocenters. The van der Waals surface area contributed by atoms with Crippen LogP contribution in [0.2, 0.25) is 0 Å². The minimum Gasteiger partial charge on any atom is -0.334 e. The van der Waals surface area contributed by atoms with Crippen LogP contribution < -0.4 is 10.6 Å². The normalized spacial score (nSPS) is 10.3. The van der Waals surface area contributed by atoms with Crippen molar-refractivity contribution >= 4 is 28.7 Å². The van der Waals surface area contributed by atoms with Gasteiger partial charge in [-0.05, 0) is 37.6 Å². The molecule has 0 bridgehead atoms. The summed E-state index contributed by atoms with van der Waals surface area (Å²) in [6.07, 6.45) is 4.45. The van der Waals surface area contributed by atoms with Crippen molar-refractivity contribution in [3.63, 3.8) is 0 Å². The Balaban J connectivity index is 1.99. The summed E-state index contributed by atoms with van der Waals surface area (Å²) in [5.74, 6) is 0.221. The molecular weight excluding hydrogens is 320 g/mol. The largest absolute Gasteiger partial charge is 0.353 e. The molecule has 0 aliphatic rings. The number of hydrogen-bond donors (Lipinski definition) is 2. The van der Waals surface area contributed by atoms with Crippen LogP contribution in [0, 0.1) is 24.0 Å². The predicted molar refractivity (Wildman–Crippen MR) is 95.4 cm³/mol. The SMILES string of the molecule is Cc1ccc(Nc2ncnc(Nc3cccnc3)c2[N+](=O)[O-])c(C)c1. The number of rotatable bonds is 5. The molecule has 0 aliphatic heterocycles. The standard InChI is InChI=1S/C17H16N6O2/c1-11-5-6-14(12(2)8-11)22-17-15(23(24)25)16(19-10-20-17)21-13-4-3-7-18-9-13/h3-10H,1-2H3,(H2,19,20,21,22). The third kappa shape index (κ3) is 3.69. The van der Waals surface area contributed by atoms with Gasteiger partial charge in [0.25, 0.3) is 0 Å². The second kappa shape index (κ2) is 6.91. The number of hydrogen-bond acceptors (Lipinski definition) is 7. The molecule has 8 nitrogen and oxygen atoms in total. The number of nitrogens with zero attached hydrogens (tertiary/aromatic N) is 4. The number of nitrogens with one attached hydrogen (secondary N) is 2. The van der Waals surface area contributed by atoms with Crippen molar-refractivity contribution in [2.45, 2.75) is 13.8 Å². The van der Waals surface area contributed by atoms with Crippen LogP contribution in [0.25, 0.3) is 0 Å². The first-order chi connectivity index (χ1) is 12.0. The summed E-state index contributed by atoms with van der Waals surface area (Å²) in [4.78, 5) is 23.1. The van der Waals surface area contributed by atoms with E-state index in [1.54, 1.807) is 24.5 Å². The van der Waals surface area contributed by atoms with Crippen molar-refractivity contribution in [3.05, 3.63) is 70.3 Å². The van der Waals surface area contributed by atoms with Crippen molar-refractivity contribution in [1.29, 1.82) is 0 Å². The Morgan fingerprint density at radius 1 is 1.08 bits per heavy atom. The molecule has 3 rings (SSSR count). The van der Waals surface area contributed by atoms with E-state index in [9.17, 15) is 10.1 Å². The molecule has 2 N–H and O–H groups in total. The van der Waals surface area contributed by atoms with Crippen molar-refractivity contribution in [2.75, 3.05) is 10.6 Å². The van der Waals surface area contributed by atoms with Gasteiger partial charge in [-0.3, -0.25) is 15.1 Å². The topological polar surface area (TPSA) is 106 Å². The van der Waals surface area contributed by atoms with E-state index in [-0.39, 0.29) is 17.3 Å². The van der Waals surface area contributed by atoms with Gasteiger partial charge in [-0.2, -0.15) is 0 Å². The van der Waals surface area contributed by atoms with E-state index in [4.69, 9.17) is 0 Å². The van der Waals surface area contributed by atoms with Crippen LogP contribution in [0.15, 0.2) is 49.1 Å². The average Bonchev–Trinajstić information content (AvgIpc) is 2.58. The van der Waals surface area contributed by atoms with E-state index >= 15 is 0 Å². The maximum atomic E-state index is 11.6. The number of anilines is 4. The number of aromatic nitrogens is 3. The van der Waals surface area contributed by atoms with Gasteiger partial charge in [-0.15, -0.1) is 0 Å². The summed E-state index contributed by atoms with van der Waals surface area (Å²) in [5.41, 5.74) is 3.20. The molecule has 0 fully saturated rings. The van der Waals surface area contributed by atoms with Gasteiger partial charge in [0.15, 0.2) is 0 Å². The molecular formula is C17H16N6O2. The molecule has 0 amide bonds. The zero-order chi connectivity index (χ0) is 17.8. The molecule has 0 atom stereocenters. The third-order valence-electron chi connectivity index (χ3n) is 3.56. The Morgan fingerprint density at radius 2 is 1.84 bits per heavy atom. The van der Waals surface area contributed by atoms with Crippen molar-refractivity contribution in [2.24, 2.45) is 0 Å². The molecule has 0 radical (unpaired) electrons. The predicted octanol–water partition coefficient (Wildman–Crippen LogP) is 3.88. The van der Waals surface area contributed by atoms with E-state index in [1.165, 1.54) is 6.33 Å². The molecule has 8 heteroatoms. The van der Waals surface area contributed by atoms with Crippen LogP contribution in [0.5, 0.6) is 0 Å². The fourth-order valence-corrected chi connectivity index (χ4v) is 2.39. The fraction of sp³-hybridized carbons (Fsp3) is 0.118. The number of nitro groups is 1. The maximum Gasteiger partial charge on any atom is 0.353 e. The molecule has 3 aromatic rings. The van der Waals surface area contributed by atoms with E-state index in [0.29, 0.717) is 5.69 Å². The van der Waals surface area contributed by atoms with Crippen molar-refractivity contribution in [3.8, 4) is 0 Å². The molecule has 2 heterocycles. The minimum atomic E-state index is -0.509. The second-order valence-electron chi connectivity index (χ2n) is 5.49. The molecule has 0 aliphatic carbocycles. The van der Waals surface area contributed by atoms with Gasteiger partial charge in [0.1, 0.15) is 6.33 Å². The molecule has 2 aromatic heterocycles. The zero-order valence-electron chi connectivity index (χ0n) is 13.7. The zero-order valence-corrected chi connectivity index (χ0v) is 13.7. The highest BCUT2D eigenvalue weighted by Crippen LogP contribution is 2.33. The Bertz CT molecular complexity index is 914. The van der Waals surface area contributed by atoms with Gasteiger partial charge < -0.3 is 10.6 Å². The summed E-state index contributed by atoms with van der Waals surface area (Å²) in [6, 6.07) is 9.26. The lowest BCUT2D eigenvalue weighted by atomic mass is 10.1. The summed E-state index contributed by atoms with van der Waals surface area (Å²) >= 11 is 0. The number of pyridine rings is 1. The first-order valence-corrected chi connectivity index (χ1v) is 7.55. The van der Waals surface area contributed by atoms with Crippen LogP contribution in [-0.2, 0) is 0 Å². The lowest BCUT2D eigenvalue weighted by Crippen LogP contribution is -2.06. The highest BCUT2D eigenvalue weighted by atomic mass is 16.6. The third-order valence-corrected chi connectivity index (χ3v) is 3.56. The van der Waals surface area contributed by atoms with Crippen LogP contribution in [0.3, 0.4) is 0 Å². The summed E-state index contributed by atoms with van der Waals surface area (Å²) in [6.45, 7) is 3.91. The Kier molecular flexibility index (Phi) is 4.51. The van der Waals surface area contributed by atoms with Gasteiger partial charge in [0, 0.05) is 11.9 Å². The number of benzene rings is 1. The molecule has 0 saturated carbocycles. The smallest absolute Gasteiger partial charge is 0.334 e. The van der Waals surface area contributed by atoms with E-state index in [2.05, 4.69) is 25.6 Å². The monoisotopic (exact) mass is 336 g/mol. The lowest BCUT2D eigenvalue weighted by Gasteiger charge is -2.12.